The average molecular weight is 1120 g/mol. The van der Waals surface area contributed by atoms with E-state index in [4.69, 9.17) is 9.47 Å². The zero-order valence-electron chi connectivity index (χ0n) is 44.8. The number of nitrogens with one attached hydrogen (secondary N) is 4. The molecule has 2 bridgehead atoms. The molecule has 2 aliphatic rings. The van der Waals surface area contributed by atoms with Crippen molar-refractivity contribution in [3.05, 3.63) is 72.3 Å². The molecule has 25 nitrogen and oxygen atoms in total. The molecule has 78 heavy (non-hydrogen) atoms. The van der Waals surface area contributed by atoms with Gasteiger partial charge in [0.2, 0.25) is 35.4 Å². The summed E-state index contributed by atoms with van der Waals surface area (Å²) in [6.07, 6.45) is 2.37. The van der Waals surface area contributed by atoms with Crippen LogP contribution in [-0.4, -0.2) is 209 Å². The van der Waals surface area contributed by atoms with Gasteiger partial charge in [-0.15, -0.1) is 11.8 Å². The number of aromatic nitrogens is 4. The Morgan fingerprint density at radius 2 is 0.987 bits per heavy atom. The van der Waals surface area contributed by atoms with Crippen LogP contribution in [0, 0.1) is 11.8 Å². The Labute approximate surface area is 456 Å². The van der Waals surface area contributed by atoms with Gasteiger partial charge in [0.1, 0.15) is 72.9 Å². The van der Waals surface area contributed by atoms with Gasteiger partial charge < -0.3 is 50.3 Å². The highest BCUT2D eigenvalue weighted by Gasteiger charge is 2.43. The highest BCUT2D eigenvalue weighted by Crippen LogP contribution is 2.22. The molecule has 9 atom stereocenters. The monoisotopic (exact) mass is 1120 g/mol. The average Bonchev–Trinajstić information content (AvgIpc) is 3.42. The van der Waals surface area contributed by atoms with E-state index < -0.39 is 149 Å². The largest absolute Gasteiger partial charge is 0.461 e. The van der Waals surface area contributed by atoms with Gasteiger partial charge >= 0.3 is 11.9 Å². The molecular weight excluding hydrogens is 1050 g/mol. The summed E-state index contributed by atoms with van der Waals surface area (Å²) in [6, 6.07) is 1.31. The molecule has 2 saturated heterocycles. The van der Waals surface area contributed by atoms with E-state index in [-0.39, 0.29) is 22.2 Å². The van der Waals surface area contributed by atoms with Crippen molar-refractivity contribution in [1.82, 2.24) is 60.8 Å². The second-order valence-electron chi connectivity index (χ2n) is 19.6. The van der Waals surface area contributed by atoms with E-state index in [1.165, 1.54) is 54.4 Å². The molecule has 2 fully saturated rings. The Balaban J connectivity index is 1.41. The van der Waals surface area contributed by atoms with Crippen LogP contribution >= 0.6 is 11.8 Å². The Bertz CT molecular complexity index is 3000. The quantitative estimate of drug-likeness (QED) is 0.179. The molecule has 0 radical (unpaired) electrons. The third kappa shape index (κ3) is 14.1. The highest BCUT2D eigenvalue weighted by molar-refractivity contribution is 8.10. The maximum absolute atomic E-state index is 14.8. The van der Waals surface area contributed by atoms with Crippen molar-refractivity contribution >= 4 is 104 Å². The molecule has 418 valence electrons. The lowest BCUT2D eigenvalue weighted by Crippen LogP contribution is -2.60. The maximum atomic E-state index is 14.8. The minimum atomic E-state index is -1.99. The van der Waals surface area contributed by atoms with Crippen LogP contribution < -0.4 is 21.3 Å². The van der Waals surface area contributed by atoms with Crippen LogP contribution in [0.2, 0.25) is 0 Å². The molecule has 0 saturated carbocycles. The van der Waals surface area contributed by atoms with Crippen LogP contribution in [0.15, 0.2) is 60.9 Å². The molecule has 4 heterocycles. The second kappa shape index (κ2) is 26.1. The normalized spacial score (nSPS) is 25.5. The Hall–Kier alpha value is -7.68. The molecule has 9 unspecified atom stereocenters. The van der Waals surface area contributed by atoms with Crippen LogP contribution in [-0.2, 0) is 58.6 Å². The lowest BCUT2D eigenvalue weighted by molar-refractivity contribution is -0.160. The van der Waals surface area contributed by atoms with Gasteiger partial charge in [0.25, 0.3) is 11.8 Å². The minimum Gasteiger partial charge on any atom is -0.461 e. The molecule has 8 amide bonds. The summed E-state index contributed by atoms with van der Waals surface area (Å²) in [4.78, 5) is 164. The summed E-state index contributed by atoms with van der Waals surface area (Å²) in [5.41, 5.74) is 1.27. The number of para-hydroxylation sites is 4. The topological polar surface area (TPSA) is 319 Å². The molecule has 2 aromatic heterocycles. The van der Waals surface area contributed by atoms with Crippen molar-refractivity contribution in [1.29, 1.82) is 0 Å². The third-order valence-electron chi connectivity index (χ3n) is 13.2. The summed E-state index contributed by atoms with van der Waals surface area (Å²) in [5, 5.41) is 9.80. The number of benzene rings is 2. The standard InChI is InChI=1S/C51H64N12O13S2/c1-26(2)40-50(72)75-21-37(59-43(65)35-20-53-31-16-12-14-18-33(31)57-35)45(67)55-29(6)47(69)61(8)39-24-78(74)25-77-23-38(48(70)62(40)9)60(7)46(68)28(5)54-44(66)36(22-76-51(73)41(27(3)4)63(10)49(39)71)58-42(64)34-19-52-30-15-11-13-17-32(30)56-34/h11-20,26-29,36-41H,21-25H2,1-10H3,(H,54,66)(H,55,67)(H,58,64)(H,59,65). The van der Waals surface area contributed by atoms with Gasteiger partial charge in [-0.3, -0.25) is 52.5 Å². The van der Waals surface area contributed by atoms with Crippen LogP contribution in [0.3, 0.4) is 0 Å². The van der Waals surface area contributed by atoms with Crippen molar-refractivity contribution in [2.75, 3.05) is 58.0 Å². The molecule has 2 aromatic carbocycles. The van der Waals surface area contributed by atoms with Gasteiger partial charge in [0.05, 0.1) is 45.3 Å². The van der Waals surface area contributed by atoms with Crippen molar-refractivity contribution < 1.29 is 61.6 Å². The number of amides is 8. The smallest absolute Gasteiger partial charge is 0.329 e. The van der Waals surface area contributed by atoms with Gasteiger partial charge in [-0.05, 0) is 49.9 Å². The number of carbonyl (C=O) groups excluding carboxylic acids is 10. The Morgan fingerprint density at radius 1 is 0.603 bits per heavy atom. The molecular formula is C51H64N12O13S2. The molecule has 4 aromatic rings. The zero-order chi connectivity index (χ0) is 57.3. The van der Waals surface area contributed by atoms with Gasteiger partial charge in [-0.25, -0.2) is 19.6 Å². The molecule has 27 heteroatoms. The predicted octanol–water partition coefficient (Wildman–Crippen LogP) is -0.348. The van der Waals surface area contributed by atoms with E-state index in [1.54, 1.807) is 76.2 Å². The van der Waals surface area contributed by atoms with Gasteiger partial charge in [-0.2, -0.15) is 0 Å². The number of fused-ring (bicyclic) bond motifs is 8. The highest BCUT2D eigenvalue weighted by atomic mass is 32.2. The van der Waals surface area contributed by atoms with Crippen LogP contribution in [0.1, 0.15) is 62.5 Å². The lowest BCUT2D eigenvalue weighted by atomic mass is 10.0. The van der Waals surface area contributed by atoms with E-state index in [9.17, 15) is 52.2 Å². The molecule has 4 N–H and O–H groups in total. The van der Waals surface area contributed by atoms with Crippen molar-refractivity contribution in [2.24, 2.45) is 11.8 Å². The van der Waals surface area contributed by atoms with Gasteiger partial charge in [0.15, 0.2) is 0 Å². The van der Waals surface area contributed by atoms with Crippen LogP contribution in [0.25, 0.3) is 22.1 Å². The fourth-order valence-electron chi connectivity index (χ4n) is 8.81. The first-order valence-corrected chi connectivity index (χ1v) is 27.5. The molecule has 0 spiro atoms. The fourth-order valence-corrected chi connectivity index (χ4v) is 11.6. The van der Waals surface area contributed by atoms with Gasteiger partial charge in [0, 0.05) is 44.7 Å². The second-order valence-corrected chi connectivity index (χ2v) is 22.5. The summed E-state index contributed by atoms with van der Waals surface area (Å²) in [7, 11) is 3.09. The minimum absolute atomic E-state index is 0.204. The van der Waals surface area contributed by atoms with Gasteiger partial charge in [-0.1, -0.05) is 52.0 Å². The summed E-state index contributed by atoms with van der Waals surface area (Å²) >= 11 is 0.957. The third-order valence-corrected chi connectivity index (χ3v) is 16.1. The van der Waals surface area contributed by atoms with E-state index in [0.29, 0.717) is 22.1 Å². The Kier molecular flexibility index (Phi) is 19.9. The van der Waals surface area contributed by atoms with E-state index >= 15 is 0 Å². The first kappa shape index (κ1) is 59.6. The summed E-state index contributed by atoms with van der Waals surface area (Å²) < 4.78 is 25.6. The zero-order valence-corrected chi connectivity index (χ0v) is 46.4. The van der Waals surface area contributed by atoms with Crippen LogP contribution in [0.4, 0.5) is 0 Å². The number of hydrogen-bond donors (Lipinski definition) is 4. The number of carbonyl (C=O) groups is 10. The van der Waals surface area contributed by atoms with Crippen molar-refractivity contribution in [3.8, 4) is 0 Å². The summed E-state index contributed by atoms with van der Waals surface area (Å²) in [6.45, 7) is 7.39. The van der Waals surface area contributed by atoms with Crippen molar-refractivity contribution in [3.63, 3.8) is 0 Å². The van der Waals surface area contributed by atoms with E-state index in [2.05, 4.69) is 41.2 Å². The number of esters is 2. The Morgan fingerprint density at radius 3 is 1.40 bits per heavy atom. The maximum Gasteiger partial charge on any atom is 0.329 e. The number of nitrogens with zero attached hydrogens (tertiary/aromatic N) is 8. The first-order valence-electron chi connectivity index (χ1n) is 24.9. The molecule has 6 rings (SSSR count). The number of cyclic esters (lactones) is 2. The number of rotatable bonds is 6. The number of hydrogen-bond acceptors (Lipinski definition) is 18. The molecule has 0 aliphatic carbocycles. The lowest BCUT2D eigenvalue weighted by Gasteiger charge is -2.36. The SMILES string of the molecule is CC1NC(=O)C(NC(=O)c2cnc3ccccc3n2)COC(=O)C(C(C)C)N(C)C(=O)C2CS(=O)CSCC(C(=O)N(C)C(C(C)C)C(=O)OCC(NC(=O)c3cnc4ccccc4n3)C(=O)NC(C)C(=O)N2C)N(C)C1=O. The van der Waals surface area contributed by atoms with E-state index in [0.717, 1.165) is 31.4 Å². The number of likely N-dealkylation sites (N-methyl/N-ethyl adjacent to an activating group) is 4. The first-order chi connectivity index (χ1) is 36.9. The number of ether oxygens (including phenoxy) is 2. The molecule has 2 aliphatic heterocycles. The summed E-state index contributed by atoms with van der Waals surface area (Å²) in [5.74, 6) is -11.5. The predicted molar refractivity (Wildman–Crippen MR) is 285 cm³/mol. The number of thioether (sulfide) groups is 1. The fraction of sp³-hybridized carbons (Fsp3) is 0.490. The van der Waals surface area contributed by atoms with E-state index in [1.807, 2.05) is 0 Å². The van der Waals surface area contributed by atoms with Crippen molar-refractivity contribution in [2.45, 2.75) is 89.9 Å². The van der Waals surface area contributed by atoms with Crippen LogP contribution in [0.5, 0.6) is 0 Å².